The molecule has 0 spiro atoms. The molecule has 0 radical (unpaired) electrons. The van der Waals surface area contributed by atoms with Crippen LogP contribution in [0.1, 0.15) is 19.5 Å². The standard InChI is InChI=1S/C16H20N4O2/c1-10(2)17-16-18-11(3)8-15(20-16)19-12-4-5-13-14(9-12)22-7-6-21-13/h4-5,8-10H,6-7H2,1-3H3,(H2,17,18,19,20). The molecule has 2 N–H and O–H groups in total. The summed E-state index contributed by atoms with van der Waals surface area (Å²) in [4.78, 5) is 8.85. The van der Waals surface area contributed by atoms with E-state index in [4.69, 9.17) is 9.47 Å². The van der Waals surface area contributed by atoms with Crippen LogP contribution < -0.4 is 20.1 Å². The highest BCUT2D eigenvalue weighted by atomic mass is 16.6. The van der Waals surface area contributed by atoms with E-state index in [1.807, 2.05) is 31.2 Å². The van der Waals surface area contributed by atoms with Gasteiger partial charge in [-0.25, -0.2) is 4.98 Å². The predicted octanol–water partition coefficient (Wildman–Crippen LogP) is 3.12. The molecule has 1 aromatic carbocycles. The van der Waals surface area contributed by atoms with Gasteiger partial charge in [-0.15, -0.1) is 0 Å². The normalized spacial score (nSPS) is 13.1. The molecule has 22 heavy (non-hydrogen) atoms. The minimum absolute atomic E-state index is 0.281. The fourth-order valence-electron chi connectivity index (χ4n) is 2.22. The molecule has 0 saturated carbocycles. The number of anilines is 3. The molecule has 1 aromatic heterocycles. The Balaban J connectivity index is 1.82. The Morgan fingerprint density at radius 2 is 1.82 bits per heavy atom. The first kappa shape index (κ1) is 14.4. The van der Waals surface area contributed by atoms with Crippen molar-refractivity contribution in [1.82, 2.24) is 9.97 Å². The van der Waals surface area contributed by atoms with Crippen molar-refractivity contribution in [1.29, 1.82) is 0 Å². The van der Waals surface area contributed by atoms with Crippen molar-refractivity contribution in [2.75, 3.05) is 23.8 Å². The van der Waals surface area contributed by atoms with Gasteiger partial charge in [0.05, 0.1) is 0 Å². The van der Waals surface area contributed by atoms with Crippen LogP contribution in [0.25, 0.3) is 0 Å². The summed E-state index contributed by atoms with van der Waals surface area (Å²) in [6, 6.07) is 7.95. The van der Waals surface area contributed by atoms with Crippen LogP contribution in [0.4, 0.5) is 17.5 Å². The monoisotopic (exact) mass is 300 g/mol. The maximum atomic E-state index is 5.59. The van der Waals surface area contributed by atoms with Gasteiger partial charge in [-0.1, -0.05) is 0 Å². The Kier molecular flexibility index (Phi) is 4.00. The minimum atomic E-state index is 0.281. The van der Waals surface area contributed by atoms with E-state index in [-0.39, 0.29) is 6.04 Å². The van der Waals surface area contributed by atoms with E-state index in [0.29, 0.717) is 19.2 Å². The zero-order chi connectivity index (χ0) is 15.5. The summed E-state index contributed by atoms with van der Waals surface area (Å²) in [5.74, 6) is 2.89. The highest BCUT2D eigenvalue weighted by molar-refractivity contribution is 5.62. The summed E-state index contributed by atoms with van der Waals surface area (Å²) in [7, 11) is 0. The van der Waals surface area contributed by atoms with Gasteiger partial charge >= 0.3 is 0 Å². The molecule has 6 heteroatoms. The van der Waals surface area contributed by atoms with Crippen LogP contribution in [-0.2, 0) is 0 Å². The number of ether oxygens (including phenoxy) is 2. The fourth-order valence-corrected chi connectivity index (χ4v) is 2.22. The van der Waals surface area contributed by atoms with Crippen molar-refractivity contribution in [3.63, 3.8) is 0 Å². The number of nitrogens with zero attached hydrogens (tertiary/aromatic N) is 2. The van der Waals surface area contributed by atoms with Gasteiger partial charge in [0.2, 0.25) is 5.95 Å². The summed E-state index contributed by atoms with van der Waals surface area (Å²) in [5, 5.41) is 6.50. The topological polar surface area (TPSA) is 68.3 Å². The van der Waals surface area contributed by atoms with Gasteiger partial charge in [0.15, 0.2) is 11.5 Å². The van der Waals surface area contributed by atoms with Gasteiger partial charge in [0.25, 0.3) is 0 Å². The molecule has 3 rings (SSSR count). The molecule has 0 atom stereocenters. The lowest BCUT2D eigenvalue weighted by atomic mass is 10.2. The summed E-state index contributed by atoms with van der Waals surface area (Å²) < 4.78 is 11.1. The average molecular weight is 300 g/mol. The number of hydrogen-bond acceptors (Lipinski definition) is 6. The predicted molar refractivity (Wildman–Crippen MR) is 86.2 cm³/mol. The van der Waals surface area contributed by atoms with E-state index in [1.54, 1.807) is 0 Å². The lowest BCUT2D eigenvalue weighted by Gasteiger charge is -2.19. The molecule has 6 nitrogen and oxygen atoms in total. The Hall–Kier alpha value is -2.50. The number of hydrogen-bond donors (Lipinski definition) is 2. The van der Waals surface area contributed by atoms with Gasteiger partial charge in [0.1, 0.15) is 19.0 Å². The van der Waals surface area contributed by atoms with Gasteiger partial charge in [-0.05, 0) is 32.9 Å². The highest BCUT2D eigenvalue weighted by Gasteiger charge is 2.12. The quantitative estimate of drug-likeness (QED) is 0.904. The fraction of sp³-hybridized carbons (Fsp3) is 0.375. The minimum Gasteiger partial charge on any atom is -0.486 e. The summed E-state index contributed by atoms with van der Waals surface area (Å²) in [6.07, 6.45) is 0. The van der Waals surface area contributed by atoms with E-state index in [9.17, 15) is 0 Å². The highest BCUT2D eigenvalue weighted by Crippen LogP contribution is 2.33. The van der Waals surface area contributed by atoms with Gasteiger partial charge in [0, 0.05) is 29.6 Å². The number of benzene rings is 1. The Bertz CT molecular complexity index is 673. The Morgan fingerprint density at radius 1 is 1.05 bits per heavy atom. The molecule has 0 bridgehead atoms. The number of aromatic nitrogens is 2. The lowest BCUT2D eigenvalue weighted by Crippen LogP contribution is -2.15. The van der Waals surface area contributed by atoms with Crippen LogP contribution in [0.15, 0.2) is 24.3 Å². The molecule has 2 aromatic rings. The number of fused-ring (bicyclic) bond motifs is 1. The molecule has 0 fully saturated rings. The Labute approximate surface area is 129 Å². The zero-order valence-corrected chi connectivity index (χ0v) is 13.0. The van der Waals surface area contributed by atoms with E-state index < -0.39 is 0 Å². The smallest absolute Gasteiger partial charge is 0.225 e. The first-order valence-corrected chi connectivity index (χ1v) is 7.39. The zero-order valence-electron chi connectivity index (χ0n) is 13.0. The van der Waals surface area contributed by atoms with Crippen LogP contribution in [0.5, 0.6) is 11.5 Å². The molecular formula is C16H20N4O2. The van der Waals surface area contributed by atoms with Crippen molar-refractivity contribution >= 4 is 17.5 Å². The van der Waals surface area contributed by atoms with Crippen molar-refractivity contribution in [2.24, 2.45) is 0 Å². The SMILES string of the molecule is Cc1cc(Nc2ccc3c(c2)OCCO3)nc(NC(C)C)n1. The molecule has 1 aliphatic rings. The van der Waals surface area contributed by atoms with Crippen LogP contribution in [0, 0.1) is 6.92 Å². The number of aryl methyl sites for hydroxylation is 1. The maximum absolute atomic E-state index is 5.59. The second-order valence-electron chi connectivity index (χ2n) is 5.50. The first-order chi connectivity index (χ1) is 10.6. The number of nitrogens with one attached hydrogen (secondary N) is 2. The third-order valence-electron chi connectivity index (χ3n) is 3.09. The molecule has 0 unspecified atom stereocenters. The molecule has 116 valence electrons. The first-order valence-electron chi connectivity index (χ1n) is 7.39. The molecule has 0 saturated heterocycles. The van der Waals surface area contributed by atoms with Crippen LogP contribution >= 0.6 is 0 Å². The second-order valence-corrected chi connectivity index (χ2v) is 5.50. The summed E-state index contributed by atoms with van der Waals surface area (Å²) >= 11 is 0. The molecular weight excluding hydrogens is 280 g/mol. The van der Waals surface area contributed by atoms with E-state index in [1.165, 1.54) is 0 Å². The average Bonchev–Trinajstić information content (AvgIpc) is 2.45. The van der Waals surface area contributed by atoms with Crippen LogP contribution in [0.2, 0.25) is 0 Å². The maximum Gasteiger partial charge on any atom is 0.225 e. The van der Waals surface area contributed by atoms with E-state index >= 15 is 0 Å². The van der Waals surface area contributed by atoms with Crippen LogP contribution in [0.3, 0.4) is 0 Å². The third kappa shape index (κ3) is 3.39. The van der Waals surface area contributed by atoms with Crippen molar-refractivity contribution < 1.29 is 9.47 Å². The van der Waals surface area contributed by atoms with E-state index in [2.05, 4.69) is 34.4 Å². The molecule has 1 aliphatic heterocycles. The summed E-state index contributed by atoms with van der Waals surface area (Å²) in [6.45, 7) is 7.22. The van der Waals surface area contributed by atoms with Gasteiger partial charge < -0.3 is 20.1 Å². The van der Waals surface area contributed by atoms with Crippen LogP contribution in [-0.4, -0.2) is 29.2 Å². The van der Waals surface area contributed by atoms with Gasteiger partial charge in [-0.3, -0.25) is 0 Å². The largest absolute Gasteiger partial charge is 0.486 e. The van der Waals surface area contributed by atoms with Gasteiger partial charge in [-0.2, -0.15) is 4.98 Å². The molecule has 0 aliphatic carbocycles. The third-order valence-corrected chi connectivity index (χ3v) is 3.09. The van der Waals surface area contributed by atoms with Crippen molar-refractivity contribution in [2.45, 2.75) is 26.8 Å². The molecule has 2 heterocycles. The van der Waals surface area contributed by atoms with Crippen molar-refractivity contribution in [3.8, 4) is 11.5 Å². The lowest BCUT2D eigenvalue weighted by molar-refractivity contribution is 0.171. The van der Waals surface area contributed by atoms with E-state index in [0.717, 1.165) is 28.7 Å². The van der Waals surface area contributed by atoms with Crippen molar-refractivity contribution in [3.05, 3.63) is 30.0 Å². The number of rotatable bonds is 4. The molecule has 0 amide bonds. The summed E-state index contributed by atoms with van der Waals surface area (Å²) in [5.41, 5.74) is 1.80. The second kappa shape index (κ2) is 6.09. The Morgan fingerprint density at radius 3 is 2.59 bits per heavy atom.